The van der Waals surface area contributed by atoms with Gasteiger partial charge in [-0.3, -0.25) is 0 Å². The maximum atomic E-state index is 5.96. The van der Waals surface area contributed by atoms with Gasteiger partial charge in [0, 0.05) is 35.4 Å². The van der Waals surface area contributed by atoms with Crippen LogP contribution in [0.1, 0.15) is 31.5 Å². The van der Waals surface area contributed by atoms with E-state index >= 15 is 0 Å². The monoisotopic (exact) mass is 414 g/mol. The Kier molecular flexibility index (Phi) is 5.74. The Labute approximate surface area is 181 Å². The van der Waals surface area contributed by atoms with Gasteiger partial charge in [-0.2, -0.15) is 0 Å². The molecule has 4 aromatic rings. The fraction of sp³-hybridized carbons (Fsp3) is 0.200. The molecule has 1 unspecified atom stereocenters. The summed E-state index contributed by atoms with van der Waals surface area (Å²) in [5, 5.41) is 4.17. The Morgan fingerprint density at radius 1 is 1.03 bits per heavy atom. The molecule has 2 aromatic carbocycles. The third-order valence-electron chi connectivity index (χ3n) is 5.14. The summed E-state index contributed by atoms with van der Waals surface area (Å²) in [6, 6.07) is 18.2. The molecule has 0 aliphatic heterocycles. The Morgan fingerprint density at radius 3 is 2.50 bits per heavy atom. The van der Waals surface area contributed by atoms with Crippen molar-refractivity contribution in [2.45, 2.75) is 26.3 Å². The first-order valence-electron chi connectivity index (χ1n) is 10.0. The smallest absolute Gasteiger partial charge is 0.203 e. The highest BCUT2D eigenvalue weighted by molar-refractivity contribution is 6.30. The van der Waals surface area contributed by atoms with Crippen molar-refractivity contribution in [3.8, 4) is 23.0 Å². The average Bonchev–Trinajstić information content (AvgIpc) is 3.07. The van der Waals surface area contributed by atoms with Gasteiger partial charge < -0.3 is 9.88 Å². The van der Waals surface area contributed by atoms with Gasteiger partial charge in [0.1, 0.15) is 5.69 Å². The van der Waals surface area contributed by atoms with E-state index in [-0.39, 0.29) is 0 Å². The van der Waals surface area contributed by atoms with Crippen LogP contribution in [0.2, 0.25) is 5.02 Å². The topological polar surface area (TPSA) is 42.7 Å². The number of nitrogens with zero attached hydrogens (tertiary/aromatic N) is 3. The second-order valence-corrected chi connectivity index (χ2v) is 7.78. The van der Waals surface area contributed by atoms with Crippen molar-refractivity contribution in [3.63, 3.8) is 0 Å². The van der Waals surface area contributed by atoms with Gasteiger partial charge in [0.05, 0.1) is 11.0 Å². The molecule has 0 aliphatic rings. The summed E-state index contributed by atoms with van der Waals surface area (Å²) >= 11 is 5.96. The van der Waals surface area contributed by atoms with Crippen LogP contribution in [-0.4, -0.2) is 20.6 Å². The number of anilines is 1. The van der Waals surface area contributed by atoms with Crippen LogP contribution in [0.4, 0.5) is 5.95 Å². The van der Waals surface area contributed by atoms with Gasteiger partial charge in [0.25, 0.3) is 0 Å². The van der Waals surface area contributed by atoms with Crippen LogP contribution in [0.3, 0.4) is 0 Å². The number of aryl methyl sites for hydroxylation is 1. The van der Waals surface area contributed by atoms with Crippen LogP contribution in [-0.2, 0) is 7.05 Å². The SMILES string of the molecule is CCC(C)Nc1nc2cc(C#Cc3ccc(-c4ccc(Cl)cc4)cn3)ccc2n1C. The van der Waals surface area contributed by atoms with E-state index in [0.717, 1.165) is 50.8 Å². The van der Waals surface area contributed by atoms with Gasteiger partial charge in [-0.25, -0.2) is 9.97 Å². The lowest BCUT2D eigenvalue weighted by molar-refractivity contribution is 0.743. The fourth-order valence-corrected chi connectivity index (χ4v) is 3.27. The number of pyridine rings is 1. The van der Waals surface area contributed by atoms with Crippen molar-refractivity contribution in [2.75, 3.05) is 5.32 Å². The highest BCUT2D eigenvalue weighted by atomic mass is 35.5. The highest BCUT2D eigenvalue weighted by Crippen LogP contribution is 2.22. The van der Waals surface area contributed by atoms with Crippen LogP contribution in [0.15, 0.2) is 60.8 Å². The number of hydrogen-bond acceptors (Lipinski definition) is 3. The van der Waals surface area contributed by atoms with Crippen molar-refractivity contribution in [2.24, 2.45) is 7.05 Å². The second kappa shape index (κ2) is 8.61. The molecule has 0 radical (unpaired) electrons. The first-order valence-corrected chi connectivity index (χ1v) is 10.4. The normalized spacial score (nSPS) is 11.7. The first kappa shape index (κ1) is 20.0. The molecule has 30 heavy (non-hydrogen) atoms. The minimum absolute atomic E-state index is 0.377. The van der Waals surface area contributed by atoms with Crippen molar-refractivity contribution in [3.05, 3.63) is 77.1 Å². The van der Waals surface area contributed by atoms with Crippen LogP contribution < -0.4 is 5.32 Å². The number of halogens is 1. The van der Waals surface area contributed by atoms with Crippen LogP contribution in [0, 0.1) is 11.8 Å². The predicted octanol–water partition coefficient (Wildman–Crippen LogP) is 5.90. The minimum atomic E-state index is 0.377. The molecule has 0 saturated heterocycles. The predicted molar refractivity (Wildman–Crippen MR) is 125 cm³/mol. The summed E-state index contributed by atoms with van der Waals surface area (Å²) in [5.74, 6) is 7.22. The molecule has 0 saturated carbocycles. The number of benzene rings is 2. The quantitative estimate of drug-likeness (QED) is 0.423. The zero-order valence-corrected chi connectivity index (χ0v) is 18.0. The third kappa shape index (κ3) is 4.32. The first-order chi connectivity index (χ1) is 14.5. The number of hydrogen-bond donors (Lipinski definition) is 1. The van der Waals surface area contributed by atoms with Gasteiger partial charge in [-0.1, -0.05) is 42.6 Å². The van der Waals surface area contributed by atoms with Crippen molar-refractivity contribution in [1.29, 1.82) is 0 Å². The Morgan fingerprint density at radius 2 is 1.80 bits per heavy atom. The molecule has 5 heteroatoms. The van der Waals surface area contributed by atoms with Crippen molar-refractivity contribution >= 4 is 28.6 Å². The van der Waals surface area contributed by atoms with E-state index in [0.29, 0.717) is 6.04 Å². The molecule has 2 aromatic heterocycles. The van der Waals surface area contributed by atoms with Gasteiger partial charge in [-0.05, 0) is 61.2 Å². The molecule has 0 amide bonds. The van der Waals surface area contributed by atoms with E-state index < -0.39 is 0 Å². The van der Waals surface area contributed by atoms with E-state index in [1.807, 2.05) is 61.8 Å². The molecular weight excluding hydrogens is 392 g/mol. The minimum Gasteiger partial charge on any atom is -0.353 e. The van der Waals surface area contributed by atoms with Gasteiger partial charge in [-0.15, -0.1) is 0 Å². The molecule has 1 atom stereocenters. The highest BCUT2D eigenvalue weighted by Gasteiger charge is 2.09. The molecule has 0 aliphatic carbocycles. The Balaban J connectivity index is 1.55. The molecule has 4 rings (SSSR count). The zero-order valence-electron chi connectivity index (χ0n) is 17.3. The number of aromatic nitrogens is 3. The number of rotatable bonds is 4. The van der Waals surface area contributed by atoms with E-state index in [1.54, 1.807) is 0 Å². The van der Waals surface area contributed by atoms with E-state index in [2.05, 4.69) is 46.6 Å². The van der Waals surface area contributed by atoms with Gasteiger partial charge in [0.15, 0.2) is 0 Å². The molecular formula is C25H23ClN4. The summed E-state index contributed by atoms with van der Waals surface area (Å²) in [7, 11) is 2.03. The third-order valence-corrected chi connectivity index (χ3v) is 5.40. The van der Waals surface area contributed by atoms with Gasteiger partial charge >= 0.3 is 0 Å². The second-order valence-electron chi connectivity index (χ2n) is 7.34. The molecule has 4 nitrogen and oxygen atoms in total. The molecule has 0 fully saturated rings. The molecule has 0 bridgehead atoms. The summed E-state index contributed by atoms with van der Waals surface area (Å²) < 4.78 is 2.08. The summed E-state index contributed by atoms with van der Waals surface area (Å²) in [4.78, 5) is 9.21. The maximum Gasteiger partial charge on any atom is 0.203 e. The van der Waals surface area contributed by atoms with Crippen LogP contribution in [0.25, 0.3) is 22.2 Å². The summed E-state index contributed by atoms with van der Waals surface area (Å²) in [5.41, 5.74) is 5.77. The summed E-state index contributed by atoms with van der Waals surface area (Å²) in [6.07, 6.45) is 2.88. The molecule has 2 heterocycles. The summed E-state index contributed by atoms with van der Waals surface area (Å²) in [6.45, 7) is 4.31. The standard InChI is InChI=1S/C25H23ClN4/c1-4-17(2)28-25-29-23-15-18(6-14-24(23)30(25)3)5-12-22-13-9-20(16-27-22)19-7-10-21(26)11-8-19/h6-11,13-17H,4H2,1-3H3,(H,28,29). The van der Waals surface area contributed by atoms with Crippen LogP contribution in [0.5, 0.6) is 0 Å². The van der Waals surface area contributed by atoms with Crippen molar-refractivity contribution < 1.29 is 0 Å². The lowest BCUT2D eigenvalue weighted by Crippen LogP contribution is -2.16. The van der Waals surface area contributed by atoms with E-state index in [1.165, 1.54) is 0 Å². The largest absolute Gasteiger partial charge is 0.353 e. The Bertz CT molecular complexity index is 1230. The van der Waals surface area contributed by atoms with Crippen LogP contribution >= 0.6 is 11.6 Å². The van der Waals surface area contributed by atoms with E-state index in [4.69, 9.17) is 16.6 Å². The Hall–Kier alpha value is -3.29. The zero-order chi connectivity index (χ0) is 21.1. The van der Waals surface area contributed by atoms with Crippen molar-refractivity contribution in [1.82, 2.24) is 14.5 Å². The van der Waals surface area contributed by atoms with Gasteiger partial charge in [0.2, 0.25) is 5.95 Å². The molecule has 0 spiro atoms. The molecule has 1 N–H and O–H groups in total. The average molecular weight is 415 g/mol. The number of fused-ring (bicyclic) bond motifs is 1. The van der Waals surface area contributed by atoms with E-state index in [9.17, 15) is 0 Å². The number of nitrogens with one attached hydrogen (secondary N) is 1. The maximum absolute atomic E-state index is 5.96. The molecule has 150 valence electrons. The fourth-order valence-electron chi connectivity index (χ4n) is 3.15. The lowest BCUT2D eigenvalue weighted by Gasteiger charge is -2.11. The lowest BCUT2D eigenvalue weighted by atomic mass is 10.1. The number of imidazole rings is 1.